The molecule has 0 amide bonds. The minimum absolute atomic E-state index is 0.0577. The zero-order valence-electron chi connectivity index (χ0n) is 37.0. The Morgan fingerprint density at radius 1 is 0.597 bits per heavy atom. The summed E-state index contributed by atoms with van der Waals surface area (Å²) in [5, 5.41) is 60.1. The van der Waals surface area contributed by atoms with Crippen LogP contribution in [0.5, 0.6) is 0 Å². The SMILES string of the molecule is CC/C=C\C/C=C\CC(O)/C=C/C=C\C/C=C\C/C=C\CCC(=O)O[C@H](COC(=O)CCCCCCC/C=C\CCCCCC)COP(=O)(O)OC1[C@H](O)[C@H](O)C(O)[C@H](O)[C@H]1O. The number of rotatable bonds is 35. The Labute approximate surface area is 370 Å². The standard InChI is InChI=1S/C47H77O14P/c1-3-5-7-9-11-12-13-14-15-19-22-26-30-34-40(49)58-36-39(37-59-62(56,57)61-47-45(54)43(52)42(51)44(53)46(47)55)60-41(50)35-31-27-23-20-17-16-18-21-25-29-33-38(48)32-28-24-10-8-6-4-2/h6,8,12-13,16-17,21,23-25,27-29,33,38-39,42-48,51-55H,3-5,7,9-11,14-15,18-20,22,26,30-32,34-37H2,1-2H3,(H,56,57)/b8-6-,13-12-,17-16-,25-21-,27-23-,28-24-,33-29+/t38?,39-,42?,43-,44+,45-,46-,47?/m1/s1. The monoisotopic (exact) mass is 897 g/mol. The fourth-order valence-electron chi connectivity index (χ4n) is 6.15. The molecule has 0 spiro atoms. The highest BCUT2D eigenvalue weighted by Gasteiger charge is 2.51. The third kappa shape index (κ3) is 28.6. The second-order valence-corrected chi connectivity index (χ2v) is 16.8. The number of hydrogen-bond acceptors (Lipinski definition) is 13. The van der Waals surface area contributed by atoms with Crippen LogP contribution < -0.4 is 0 Å². The van der Waals surface area contributed by atoms with Gasteiger partial charge in [-0.25, -0.2) is 4.57 Å². The lowest BCUT2D eigenvalue weighted by molar-refractivity contribution is -0.220. The van der Waals surface area contributed by atoms with E-state index < -0.39 is 81.8 Å². The Balaban J connectivity index is 2.57. The molecule has 9 atom stereocenters. The van der Waals surface area contributed by atoms with Gasteiger partial charge in [-0.2, -0.15) is 0 Å². The summed E-state index contributed by atoms with van der Waals surface area (Å²) >= 11 is 0. The van der Waals surface area contributed by atoms with Crippen molar-refractivity contribution >= 4 is 19.8 Å². The van der Waals surface area contributed by atoms with Crippen molar-refractivity contribution in [1.82, 2.24) is 0 Å². The zero-order valence-corrected chi connectivity index (χ0v) is 37.9. The predicted octanol–water partition coefficient (Wildman–Crippen LogP) is 7.47. The second-order valence-electron chi connectivity index (χ2n) is 15.4. The van der Waals surface area contributed by atoms with E-state index in [-0.39, 0.29) is 12.8 Å². The van der Waals surface area contributed by atoms with Crippen LogP contribution in [-0.2, 0) is 32.7 Å². The molecule has 0 aliphatic heterocycles. The van der Waals surface area contributed by atoms with E-state index in [1.165, 1.54) is 25.7 Å². The maximum absolute atomic E-state index is 12.8. The van der Waals surface area contributed by atoms with E-state index in [0.717, 1.165) is 51.4 Å². The second kappa shape index (κ2) is 36.3. The number of carbonyl (C=O) groups is 2. The van der Waals surface area contributed by atoms with Crippen LogP contribution in [0.15, 0.2) is 85.1 Å². The average molecular weight is 897 g/mol. The van der Waals surface area contributed by atoms with Gasteiger partial charge in [0.1, 0.15) is 43.2 Å². The van der Waals surface area contributed by atoms with E-state index in [1.807, 2.05) is 48.6 Å². The fourth-order valence-corrected chi connectivity index (χ4v) is 7.13. The zero-order chi connectivity index (χ0) is 45.9. The molecule has 1 aliphatic rings. The molecule has 0 aromatic heterocycles. The molecule has 0 aromatic rings. The van der Waals surface area contributed by atoms with Crippen LogP contribution in [0.4, 0.5) is 0 Å². The van der Waals surface area contributed by atoms with Gasteiger partial charge in [0.15, 0.2) is 6.10 Å². The van der Waals surface area contributed by atoms with Gasteiger partial charge in [0.05, 0.1) is 12.7 Å². The van der Waals surface area contributed by atoms with Crippen molar-refractivity contribution in [2.75, 3.05) is 13.2 Å². The molecule has 1 fully saturated rings. The van der Waals surface area contributed by atoms with Crippen LogP contribution >= 0.6 is 7.82 Å². The number of hydrogen-bond donors (Lipinski definition) is 7. The normalized spacial score (nSPS) is 23.2. The van der Waals surface area contributed by atoms with Gasteiger partial charge in [-0.3, -0.25) is 18.6 Å². The topological polar surface area (TPSA) is 230 Å². The van der Waals surface area contributed by atoms with E-state index in [1.54, 1.807) is 12.2 Å². The maximum atomic E-state index is 12.8. The molecule has 0 radical (unpaired) electrons. The van der Waals surface area contributed by atoms with Crippen LogP contribution in [0.25, 0.3) is 0 Å². The van der Waals surface area contributed by atoms with Gasteiger partial charge in [0.25, 0.3) is 0 Å². The van der Waals surface area contributed by atoms with Crippen molar-refractivity contribution in [1.29, 1.82) is 0 Å². The van der Waals surface area contributed by atoms with E-state index in [4.69, 9.17) is 18.5 Å². The molecule has 62 heavy (non-hydrogen) atoms. The van der Waals surface area contributed by atoms with Crippen molar-refractivity contribution in [2.24, 2.45) is 0 Å². The molecule has 15 heteroatoms. The lowest BCUT2D eigenvalue weighted by atomic mass is 9.85. The van der Waals surface area contributed by atoms with Crippen molar-refractivity contribution in [2.45, 2.75) is 185 Å². The largest absolute Gasteiger partial charge is 0.472 e. The fraction of sp³-hybridized carbons (Fsp3) is 0.660. The summed E-state index contributed by atoms with van der Waals surface area (Å²) in [6, 6.07) is 0. The lowest BCUT2D eigenvalue weighted by Crippen LogP contribution is -2.64. The van der Waals surface area contributed by atoms with Crippen molar-refractivity contribution < 1.29 is 68.2 Å². The Bertz CT molecular complexity index is 1420. The number of esters is 2. The molecule has 0 bridgehead atoms. The van der Waals surface area contributed by atoms with Gasteiger partial charge in [-0.1, -0.05) is 137 Å². The van der Waals surface area contributed by atoms with Crippen LogP contribution in [0.1, 0.15) is 136 Å². The molecule has 1 aliphatic carbocycles. The molecule has 14 nitrogen and oxygen atoms in total. The third-order valence-corrected chi connectivity index (χ3v) is 10.8. The highest BCUT2D eigenvalue weighted by atomic mass is 31.2. The number of ether oxygens (including phenoxy) is 2. The summed E-state index contributed by atoms with van der Waals surface area (Å²) in [4.78, 5) is 35.6. The summed E-state index contributed by atoms with van der Waals surface area (Å²) < 4.78 is 33.4. The van der Waals surface area contributed by atoms with Crippen molar-refractivity contribution in [3.8, 4) is 0 Å². The van der Waals surface area contributed by atoms with Gasteiger partial charge in [0.2, 0.25) is 0 Å². The van der Waals surface area contributed by atoms with E-state index in [0.29, 0.717) is 32.1 Å². The first kappa shape index (κ1) is 57.0. The van der Waals surface area contributed by atoms with Crippen LogP contribution in [-0.4, -0.2) is 110 Å². The molecular formula is C47H77O14P. The smallest absolute Gasteiger partial charge is 0.462 e. The molecule has 1 rings (SSSR count). The number of carbonyl (C=O) groups excluding carboxylic acids is 2. The Kier molecular flexibility index (Phi) is 33.4. The highest BCUT2D eigenvalue weighted by Crippen LogP contribution is 2.47. The molecule has 0 aromatic carbocycles. The molecule has 0 heterocycles. The third-order valence-electron chi connectivity index (χ3n) is 9.81. The first-order valence-electron chi connectivity index (χ1n) is 22.5. The minimum atomic E-state index is -5.16. The Morgan fingerprint density at radius 3 is 1.81 bits per heavy atom. The van der Waals surface area contributed by atoms with Crippen LogP contribution in [0, 0.1) is 0 Å². The summed E-state index contributed by atoms with van der Waals surface area (Å²) in [7, 11) is -5.16. The van der Waals surface area contributed by atoms with Gasteiger partial charge >= 0.3 is 19.8 Å². The highest BCUT2D eigenvalue weighted by molar-refractivity contribution is 7.47. The van der Waals surface area contributed by atoms with Crippen molar-refractivity contribution in [3.63, 3.8) is 0 Å². The van der Waals surface area contributed by atoms with E-state index in [2.05, 4.69) is 38.2 Å². The first-order chi connectivity index (χ1) is 29.8. The van der Waals surface area contributed by atoms with Crippen molar-refractivity contribution in [3.05, 3.63) is 85.1 Å². The lowest BCUT2D eigenvalue weighted by Gasteiger charge is -2.41. The Morgan fingerprint density at radius 2 is 1.15 bits per heavy atom. The van der Waals surface area contributed by atoms with Crippen LogP contribution in [0.3, 0.4) is 0 Å². The number of phosphoric ester groups is 1. The van der Waals surface area contributed by atoms with Gasteiger partial charge < -0.3 is 45.0 Å². The van der Waals surface area contributed by atoms with Crippen LogP contribution in [0.2, 0.25) is 0 Å². The summed E-state index contributed by atoms with van der Waals surface area (Å²) in [6.45, 7) is 3.01. The molecular weight excluding hydrogens is 819 g/mol. The van der Waals surface area contributed by atoms with Gasteiger partial charge in [-0.05, 0) is 70.6 Å². The molecule has 354 valence electrons. The molecule has 7 N–H and O–H groups in total. The number of unbranched alkanes of at least 4 members (excludes halogenated alkanes) is 9. The average Bonchev–Trinajstić information content (AvgIpc) is 3.25. The maximum Gasteiger partial charge on any atom is 0.472 e. The number of allylic oxidation sites excluding steroid dienone is 12. The predicted molar refractivity (Wildman–Crippen MR) is 241 cm³/mol. The molecule has 0 saturated heterocycles. The summed E-state index contributed by atoms with van der Waals surface area (Å²) in [6.07, 6.45) is 29.6. The van der Waals surface area contributed by atoms with E-state index >= 15 is 0 Å². The summed E-state index contributed by atoms with van der Waals surface area (Å²) in [5.74, 6) is -1.25. The first-order valence-corrected chi connectivity index (χ1v) is 24.0. The summed E-state index contributed by atoms with van der Waals surface area (Å²) in [5.41, 5.74) is 0. The quantitative estimate of drug-likeness (QED) is 0.0108. The van der Waals surface area contributed by atoms with Gasteiger partial charge in [-0.15, -0.1) is 0 Å². The number of phosphoric acid groups is 1. The number of aliphatic hydroxyl groups is 6. The van der Waals surface area contributed by atoms with E-state index in [9.17, 15) is 49.7 Å². The minimum Gasteiger partial charge on any atom is -0.462 e. The number of aliphatic hydroxyl groups excluding tert-OH is 6. The molecule has 1 saturated carbocycles. The van der Waals surface area contributed by atoms with Gasteiger partial charge in [0, 0.05) is 12.8 Å². The Hall–Kier alpha value is -3.01. The molecule has 4 unspecified atom stereocenters.